The monoisotopic (exact) mass is 243 g/mol. The Bertz CT molecular complexity index is 210. The van der Waals surface area contributed by atoms with Gasteiger partial charge in [0.15, 0.2) is 0 Å². The smallest absolute Gasteiger partial charge is 0.0700 e. The summed E-state index contributed by atoms with van der Waals surface area (Å²) in [7, 11) is 0. The van der Waals surface area contributed by atoms with Crippen LogP contribution in [0.15, 0.2) is 0 Å². The average molecular weight is 243 g/mol. The highest BCUT2D eigenvalue weighted by Crippen LogP contribution is 2.29. The molecule has 1 heterocycles. The highest BCUT2D eigenvalue weighted by atomic mass is 32.2. The minimum absolute atomic E-state index is 0.416. The number of ether oxygens (including phenoxy) is 1. The van der Waals surface area contributed by atoms with E-state index < -0.39 is 0 Å². The third kappa shape index (κ3) is 3.38. The second kappa shape index (κ2) is 6.27. The molecule has 0 aromatic heterocycles. The van der Waals surface area contributed by atoms with Crippen molar-refractivity contribution in [1.82, 2.24) is 5.32 Å². The molecular formula is C13H25NOS. The third-order valence-corrected chi connectivity index (χ3v) is 5.09. The van der Waals surface area contributed by atoms with Gasteiger partial charge in [0.2, 0.25) is 0 Å². The first-order valence-corrected chi connectivity index (χ1v) is 7.83. The van der Waals surface area contributed by atoms with Crippen LogP contribution in [0.2, 0.25) is 0 Å². The standard InChI is InChI=1S/C13H25NOS/c1-3-16-12-6-4-5-11(9-12)14-13-7-8-15-10(13)2/h10-14H,3-9H2,1-2H3. The van der Waals surface area contributed by atoms with Crippen LogP contribution in [0.5, 0.6) is 0 Å². The molecule has 1 saturated carbocycles. The summed E-state index contributed by atoms with van der Waals surface area (Å²) in [4.78, 5) is 0. The molecule has 3 heteroatoms. The van der Waals surface area contributed by atoms with Crippen molar-refractivity contribution in [2.45, 2.75) is 69.4 Å². The Balaban J connectivity index is 1.76. The van der Waals surface area contributed by atoms with Gasteiger partial charge in [-0.3, -0.25) is 0 Å². The van der Waals surface area contributed by atoms with Gasteiger partial charge in [0.05, 0.1) is 6.10 Å². The molecule has 4 unspecified atom stereocenters. The minimum atomic E-state index is 0.416. The van der Waals surface area contributed by atoms with E-state index in [1.807, 2.05) is 0 Å². The fraction of sp³-hybridized carbons (Fsp3) is 1.00. The summed E-state index contributed by atoms with van der Waals surface area (Å²) in [6.07, 6.45) is 7.17. The molecule has 1 N–H and O–H groups in total. The molecule has 0 aromatic carbocycles. The molecule has 1 saturated heterocycles. The van der Waals surface area contributed by atoms with Crippen molar-refractivity contribution in [3.8, 4) is 0 Å². The molecular weight excluding hydrogens is 218 g/mol. The lowest BCUT2D eigenvalue weighted by Gasteiger charge is -2.32. The van der Waals surface area contributed by atoms with E-state index in [9.17, 15) is 0 Å². The van der Waals surface area contributed by atoms with Crippen LogP contribution >= 0.6 is 11.8 Å². The van der Waals surface area contributed by atoms with Crippen molar-refractivity contribution in [2.75, 3.05) is 12.4 Å². The maximum Gasteiger partial charge on any atom is 0.0700 e. The Morgan fingerprint density at radius 1 is 1.31 bits per heavy atom. The summed E-state index contributed by atoms with van der Waals surface area (Å²) in [6.45, 7) is 5.42. The van der Waals surface area contributed by atoms with Gasteiger partial charge in [0.25, 0.3) is 0 Å². The van der Waals surface area contributed by atoms with Crippen LogP contribution in [0.3, 0.4) is 0 Å². The van der Waals surface area contributed by atoms with E-state index in [-0.39, 0.29) is 0 Å². The van der Waals surface area contributed by atoms with Gasteiger partial charge in [-0.15, -0.1) is 0 Å². The molecule has 2 rings (SSSR count). The Labute approximate surface area is 104 Å². The number of hydrogen-bond donors (Lipinski definition) is 1. The summed E-state index contributed by atoms with van der Waals surface area (Å²) in [5.74, 6) is 1.26. The Morgan fingerprint density at radius 2 is 2.19 bits per heavy atom. The normalized spacial score (nSPS) is 40.1. The zero-order chi connectivity index (χ0) is 11.4. The third-order valence-electron chi connectivity index (χ3n) is 3.85. The molecule has 1 aliphatic heterocycles. The highest BCUT2D eigenvalue weighted by molar-refractivity contribution is 7.99. The molecule has 0 radical (unpaired) electrons. The topological polar surface area (TPSA) is 21.3 Å². The van der Waals surface area contributed by atoms with Crippen molar-refractivity contribution in [1.29, 1.82) is 0 Å². The molecule has 0 bridgehead atoms. The number of nitrogens with one attached hydrogen (secondary N) is 1. The van der Waals surface area contributed by atoms with E-state index in [4.69, 9.17) is 4.74 Å². The van der Waals surface area contributed by atoms with Gasteiger partial charge in [-0.25, -0.2) is 0 Å². The fourth-order valence-corrected chi connectivity index (χ4v) is 4.11. The van der Waals surface area contributed by atoms with Crippen molar-refractivity contribution in [3.05, 3.63) is 0 Å². The second-order valence-electron chi connectivity index (χ2n) is 5.08. The number of rotatable bonds is 4. The van der Waals surface area contributed by atoms with Gasteiger partial charge in [-0.05, 0) is 38.4 Å². The lowest BCUT2D eigenvalue weighted by molar-refractivity contribution is 0.109. The maximum atomic E-state index is 5.61. The van der Waals surface area contributed by atoms with Crippen LogP contribution < -0.4 is 5.32 Å². The summed E-state index contributed by atoms with van der Waals surface area (Å²) in [6, 6.07) is 1.35. The fourth-order valence-electron chi connectivity index (χ4n) is 2.94. The predicted octanol–water partition coefficient (Wildman–Crippen LogP) is 2.82. The van der Waals surface area contributed by atoms with Crippen molar-refractivity contribution in [2.24, 2.45) is 0 Å². The number of hydrogen-bond acceptors (Lipinski definition) is 3. The minimum Gasteiger partial charge on any atom is -0.377 e. The molecule has 2 fully saturated rings. The lowest BCUT2D eigenvalue weighted by atomic mass is 9.93. The van der Waals surface area contributed by atoms with Crippen LogP contribution in [0.25, 0.3) is 0 Å². The van der Waals surface area contributed by atoms with Crippen molar-refractivity contribution >= 4 is 11.8 Å². The zero-order valence-corrected chi connectivity index (χ0v) is 11.4. The first-order chi connectivity index (χ1) is 7.79. The van der Waals surface area contributed by atoms with Gasteiger partial charge in [-0.2, -0.15) is 11.8 Å². The quantitative estimate of drug-likeness (QED) is 0.820. The van der Waals surface area contributed by atoms with Crippen LogP contribution in [0, 0.1) is 0 Å². The lowest BCUT2D eigenvalue weighted by Crippen LogP contribution is -2.44. The van der Waals surface area contributed by atoms with E-state index in [0.717, 1.165) is 17.9 Å². The summed E-state index contributed by atoms with van der Waals surface area (Å²) in [5.41, 5.74) is 0. The maximum absolute atomic E-state index is 5.61. The van der Waals surface area contributed by atoms with Crippen LogP contribution in [-0.4, -0.2) is 35.8 Å². The van der Waals surface area contributed by atoms with E-state index >= 15 is 0 Å². The molecule has 2 aliphatic rings. The molecule has 2 nitrogen and oxygen atoms in total. The van der Waals surface area contributed by atoms with Gasteiger partial charge >= 0.3 is 0 Å². The molecule has 0 amide bonds. The Hall–Kier alpha value is 0.270. The van der Waals surface area contributed by atoms with Gasteiger partial charge in [0.1, 0.15) is 0 Å². The van der Waals surface area contributed by atoms with E-state index in [1.165, 1.54) is 37.9 Å². The number of thioether (sulfide) groups is 1. The largest absolute Gasteiger partial charge is 0.377 e. The van der Waals surface area contributed by atoms with Gasteiger partial charge in [0, 0.05) is 23.9 Å². The summed E-state index contributed by atoms with van der Waals surface area (Å²) >= 11 is 2.14. The van der Waals surface area contributed by atoms with Crippen molar-refractivity contribution in [3.63, 3.8) is 0 Å². The highest BCUT2D eigenvalue weighted by Gasteiger charge is 2.29. The van der Waals surface area contributed by atoms with Crippen LogP contribution in [-0.2, 0) is 4.74 Å². The van der Waals surface area contributed by atoms with Gasteiger partial charge in [-0.1, -0.05) is 13.3 Å². The van der Waals surface area contributed by atoms with Crippen molar-refractivity contribution < 1.29 is 4.74 Å². The molecule has 16 heavy (non-hydrogen) atoms. The SMILES string of the molecule is CCSC1CCCC(NC2CCOC2C)C1. The van der Waals surface area contributed by atoms with E-state index in [1.54, 1.807) is 0 Å². The molecule has 0 spiro atoms. The predicted molar refractivity (Wildman–Crippen MR) is 71.1 cm³/mol. The first kappa shape index (κ1) is 12.7. The average Bonchev–Trinajstić information content (AvgIpc) is 2.66. The molecule has 1 aliphatic carbocycles. The second-order valence-corrected chi connectivity index (χ2v) is 6.66. The van der Waals surface area contributed by atoms with Crippen LogP contribution in [0.1, 0.15) is 46.0 Å². The van der Waals surface area contributed by atoms with Gasteiger partial charge < -0.3 is 10.1 Å². The Kier molecular flexibility index (Phi) is 4.98. The Morgan fingerprint density at radius 3 is 2.88 bits per heavy atom. The molecule has 94 valence electrons. The molecule has 0 aromatic rings. The van der Waals surface area contributed by atoms with E-state index in [2.05, 4.69) is 30.9 Å². The zero-order valence-electron chi connectivity index (χ0n) is 10.6. The first-order valence-electron chi connectivity index (χ1n) is 6.79. The summed E-state index contributed by atoms with van der Waals surface area (Å²) in [5, 5.41) is 4.71. The van der Waals surface area contributed by atoms with E-state index in [0.29, 0.717) is 12.1 Å². The summed E-state index contributed by atoms with van der Waals surface area (Å²) < 4.78 is 5.61. The molecule has 4 atom stereocenters. The van der Waals surface area contributed by atoms with Crippen LogP contribution in [0.4, 0.5) is 0 Å².